The number of non-ortho nitro benzene ring substituents is 1. The van der Waals surface area contributed by atoms with Gasteiger partial charge in [0.25, 0.3) is 5.69 Å². The fraction of sp³-hybridized carbons (Fsp3) is 0.231. The molecule has 0 amide bonds. The second-order valence-corrected chi connectivity index (χ2v) is 4.36. The van der Waals surface area contributed by atoms with Crippen molar-refractivity contribution in [2.45, 2.75) is 19.4 Å². The number of nitrogens with one attached hydrogen (secondary N) is 1. The molecule has 2 aromatic rings. The standard InChI is InChI=1S/C13H15N3O3/c1-9(7-11-3-2-6-19-11)15-13-5-4-10(16(17)18)8-12(13)14/h2-6,8-9,15H,7,14H2,1H3. The molecular formula is C13H15N3O3. The summed E-state index contributed by atoms with van der Waals surface area (Å²) >= 11 is 0. The Bertz CT molecular complexity index is 567. The predicted octanol–water partition coefficient (Wildman–Crippen LogP) is 2.81. The van der Waals surface area contributed by atoms with E-state index in [1.54, 1.807) is 12.3 Å². The first-order valence-corrected chi connectivity index (χ1v) is 5.89. The van der Waals surface area contributed by atoms with Crippen LogP contribution in [0.15, 0.2) is 41.0 Å². The van der Waals surface area contributed by atoms with Crippen LogP contribution in [0.25, 0.3) is 0 Å². The normalized spacial score (nSPS) is 12.1. The van der Waals surface area contributed by atoms with Crippen LogP contribution in [0.4, 0.5) is 17.1 Å². The summed E-state index contributed by atoms with van der Waals surface area (Å²) < 4.78 is 5.26. The molecule has 0 aliphatic rings. The van der Waals surface area contributed by atoms with Gasteiger partial charge in [0.1, 0.15) is 5.76 Å². The molecule has 0 spiro atoms. The van der Waals surface area contributed by atoms with Crippen LogP contribution >= 0.6 is 0 Å². The van der Waals surface area contributed by atoms with Crippen LogP contribution in [0.2, 0.25) is 0 Å². The summed E-state index contributed by atoms with van der Waals surface area (Å²) in [5.74, 6) is 0.875. The monoisotopic (exact) mass is 261 g/mol. The third kappa shape index (κ3) is 3.25. The summed E-state index contributed by atoms with van der Waals surface area (Å²) in [6.07, 6.45) is 2.34. The molecule has 100 valence electrons. The molecule has 1 atom stereocenters. The van der Waals surface area contributed by atoms with Gasteiger partial charge in [-0.05, 0) is 25.1 Å². The van der Waals surface area contributed by atoms with E-state index in [0.29, 0.717) is 17.8 Å². The Morgan fingerprint density at radius 1 is 1.47 bits per heavy atom. The van der Waals surface area contributed by atoms with Crippen LogP contribution in [0.1, 0.15) is 12.7 Å². The number of nitrogens with zero attached hydrogens (tertiary/aromatic N) is 1. The first-order chi connectivity index (χ1) is 9.06. The van der Waals surface area contributed by atoms with E-state index in [-0.39, 0.29) is 11.7 Å². The van der Waals surface area contributed by atoms with E-state index in [1.165, 1.54) is 12.1 Å². The quantitative estimate of drug-likeness (QED) is 0.490. The maximum Gasteiger partial charge on any atom is 0.271 e. The first-order valence-electron chi connectivity index (χ1n) is 5.89. The van der Waals surface area contributed by atoms with Gasteiger partial charge in [-0.15, -0.1) is 0 Å². The molecule has 6 nitrogen and oxygen atoms in total. The van der Waals surface area contributed by atoms with Gasteiger partial charge in [-0.25, -0.2) is 0 Å². The summed E-state index contributed by atoms with van der Waals surface area (Å²) in [4.78, 5) is 10.1. The molecule has 2 rings (SSSR count). The average Bonchev–Trinajstić information content (AvgIpc) is 2.84. The van der Waals surface area contributed by atoms with E-state index in [2.05, 4.69) is 5.32 Å². The number of furan rings is 1. The van der Waals surface area contributed by atoms with Crippen LogP contribution in [0.5, 0.6) is 0 Å². The van der Waals surface area contributed by atoms with Gasteiger partial charge >= 0.3 is 0 Å². The van der Waals surface area contributed by atoms with Crippen molar-refractivity contribution in [2.24, 2.45) is 0 Å². The largest absolute Gasteiger partial charge is 0.469 e. The van der Waals surface area contributed by atoms with Gasteiger partial charge in [-0.3, -0.25) is 10.1 Å². The molecule has 19 heavy (non-hydrogen) atoms. The van der Waals surface area contributed by atoms with Gasteiger partial charge < -0.3 is 15.5 Å². The summed E-state index contributed by atoms with van der Waals surface area (Å²) in [7, 11) is 0. The number of benzene rings is 1. The van der Waals surface area contributed by atoms with E-state index in [0.717, 1.165) is 5.76 Å². The number of hydrogen-bond donors (Lipinski definition) is 2. The molecular weight excluding hydrogens is 246 g/mol. The fourth-order valence-corrected chi connectivity index (χ4v) is 1.84. The minimum atomic E-state index is -0.466. The molecule has 0 saturated carbocycles. The van der Waals surface area contributed by atoms with E-state index >= 15 is 0 Å². The van der Waals surface area contributed by atoms with E-state index < -0.39 is 4.92 Å². The number of nitrogen functional groups attached to an aromatic ring is 1. The zero-order valence-corrected chi connectivity index (χ0v) is 10.5. The van der Waals surface area contributed by atoms with Crippen molar-refractivity contribution in [1.82, 2.24) is 0 Å². The Morgan fingerprint density at radius 3 is 2.84 bits per heavy atom. The van der Waals surface area contributed by atoms with Gasteiger partial charge in [0, 0.05) is 24.6 Å². The molecule has 3 N–H and O–H groups in total. The lowest BCUT2D eigenvalue weighted by Crippen LogP contribution is -2.18. The maximum absolute atomic E-state index is 10.6. The Labute approximate surface area is 110 Å². The summed E-state index contributed by atoms with van der Waals surface area (Å²) in [6.45, 7) is 1.99. The minimum Gasteiger partial charge on any atom is -0.469 e. The molecule has 0 aliphatic heterocycles. The molecule has 0 saturated heterocycles. The van der Waals surface area contributed by atoms with Gasteiger partial charge in [0.05, 0.1) is 22.6 Å². The van der Waals surface area contributed by atoms with Crippen LogP contribution in [-0.2, 0) is 6.42 Å². The number of hydrogen-bond acceptors (Lipinski definition) is 5. The van der Waals surface area contributed by atoms with Gasteiger partial charge in [-0.2, -0.15) is 0 Å². The topological polar surface area (TPSA) is 94.3 Å². The van der Waals surface area contributed by atoms with Crippen LogP contribution in [-0.4, -0.2) is 11.0 Å². The zero-order chi connectivity index (χ0) is 13.8. The SMILES string of the molecule is CC(Cc1ccco1)Nc1ccc([N+](=O)[O-])cc1N. The third-order valence-corrected chi connectivity index (χ3v) is 2.74. The van der Waals surface area contributed by atoms with Gasteiger partial charge in [0.2, 0.25) is 0 Å². The summed E-state index contributed by atoms with van der Waals surface area (Å²) in [5, 5.41) is 13.8. The summed E-state index contributed by atoms with van der Waals surface area (Å²) in [5.41, 5.74) is 6.82. The lowest BCUT2D eigenvalue weighted by molar-refractivity contribution is -0.384. The van der Waals surface area contributed by atoms with Crippen LogP contribution in [0.3, 0.4) is 0 Å². The second kappa shape index (κ2) is 5.43. The van der Waals surface area contributed by atoms with Crippen molar-refractivity contribution >= 4 is 17.1 Å². The molecule has 1 aromatic carbocycles. The van der Waals surface area contributed by atoms with Crippen molar-refractivity contribution in [2.75, 3.05) is 11.1 Å². The van der Waals surface area contributed by atoms with E-state index in [1.807, 2.05) is 19.1 Å². The average molecular weight is 261 g/mol. The molecule has 1 aromatic heterocycles. The number of nitro groups is 1. The lowest BCUT2D eigenvalue weighted by Gasteiger charge is -2.15. The number of nitrogens with two attached hydrogens (primary N) is 1. The van der Waals surface area contributed by atoms with E-state index in [9.17, 15) is 10.1 Å². The van der Waals surface area contributed by atoms with Crippen molar-refractivity contribution in [3.05, 3.63) is 52.5 Å². The Hall–Kier alpha value is -2.50. The van der Waals surface area contributed by atoms with Crippen molar-refractivity contribution in [3.8, 4) is 0 Å². The van der Waals surface area contributed by atoms with E-state index in [4.69, 9.17) is 10.2 Å². The number of rotatable bonds is 5. The van der Waals surface area contributed by atoms with Crippen molar-refractivity contribution in [3.63, 3.8) is 0 Å². The first kappa shape index (κ1) is 12.9. The lowest BCUT2D eigenvalue weighted by atomic mass is 10.1. The van der Waals surface area contributed by atoms with Crippen LogP contribution in [0, 0.1) is 10.1 Å². The van der Waals surface area contributed by atoms with Gasteiger partial charge in [-0.1, -0.05) is 0 Å². The minimum absolute atomic E-state index is 0.0123. The Kier molecular flexibility index (Phi) is 3.70. The highest BCUT2D eigenvalue weighted by Crippen LogP contribution is 2.25. The molecule has 1 heterocycles. The second-order valence-electron chi connectivity index (χ2n) is 4.36. The maximum atomic E-state index is 10.6. The highest BCUT2D eigenvalue weighted by molar-refractivity contribution is 5.69. The van der Waals surface area contributed by atoms with Gasteiger partial charge in [0.15, 0.2) is 0 Å². The molecule has 0 fully saturated rings. The molecule has 0 aliphatic carbocycles. The zero-order valence-electron chi connectivity index (χ0n) is 10.5. The number of anilines is 2. The Balaban J connectivity index is 2.04. The smallest absolute Gasteiger partial charge is 0.271 e. The molecule has 0 radical (unpaired) electrons. The fourth-order valence-electron chi connectivity index (χ4n) is 1.84. The molecule has 1 unspecified atom stereocenters. The summed E-state index contributed by atoms with van der Waals surface area (Å²) in [6, 6.07) is 8.24. The Morgan fingerprint density at radius 2 is 2.26 bits per heavy atom. The highest BCUT2D eigenvalue weighted by Gasteiger charge is 2.11. The highest BCUT2D eigenvalue weighted by atomic mass is 16.6. The third-order valence-electron chi connectivity index (χ3n) is 2.74. The van der Waals surface area contributed by atoms with Crippen molar-refractivity contribution < 1.29 is 9.34 Å². The van der Waals surface area contributed by atoms with Crippen molar-refractivity contribution in [1.29, 1.82) is 0 Å². The predicted molar refractivity (Wildman–Crippen MR) is 73.0 cm³/mol. The molecule has 6 heteroatoms. The molecule has 0 bridgehead atoms. The van der Waals surface area contributed by atoms with Crippen LogP contribution < -0.4 is 11.1 Å². The number of nitro benzene ring substituents is 1.